The molecule has 3 nitrogen and oxygen atoms in total. The van der Waals surface area contributed by atoms with E-state index in [4.69, 9.17) is 0 Å². The second-order valence-corrected chi connectivity index (χ2v) is 6.27. The van der Waals surface area contributed by atoms with Crippen LogP contribution < -0.4 is 5.32 Å². The first kappa shape index (κ1) is 14.6. The molecule has 0 amide bonds. The first-order valence-corrected chi connectivity index (χ1v) is 7.78. The fourth-order valence-corrected chi connectivity index (χ4v) is 3.70. The van der Waals surface area contributed by atoms with Crippen LogP contribution in [0.5, 0.6) is 0 Å². The van der Waals surface area contributed by atoms with E-state index in [9.17, 15) is 0 Å². The lowest BCUT2D eigenvalue weighted by molar-refractivity contribution is 0.171. The number of aryl methyl sites for hydroxylation is 2. The highest BCUT2D eigenvalue weighted by atomic mass is 15.3. The molecule has 1 fully saturated rings. The molecule has 0 aliphatic heterocycles. The zero-order valence-electron chi connectivity index (χ0n) is 12.9. The van der Waals surface area contributed by atoms with Gasteiger partial charge in [0.05, 0.1) is 5.69 Å². The van der Waals surface area contributed by atoms with Crippen LogP contribution in [-0.4, -0.2) is 23.4 Å². The second-order valence-electron chi connectivity index (χ2n) is 6.27. The van der Waals surface area contributed by atoms with E-state index in [0.717, 1.165) is 30.0 Å². The minimum Gasteiger partial charge on any atom is -0.319 e. The highest BCUT2D eigenvalue weighted by Crippen LogP contribution is 2.37. The number of hydrogen-bond donors (Lipinski definition) is 1. The number of hydrogen-bond acceptors (Lipinski definition) is 2. The van der Waals surface area contributed by atoms with Crippen LogP contribution in [0.25, 0.3) is 0 Å². The van der Waals surface area contributed by atoms with E-state index in [-0.39, 0.29) is 0 Å². The summed E-state index contributed by atoms with van der Waals surface area (Å²) in [5.74, 6) is 2.59. The van der Waals surface area contributed by atoms with E-state index >= 15 is 0 Å². The van der Waals surface area contributed by atoms with E-state index < -0.39 is 0 Å². The molecular weight excluding hydrogens is 234 g/mol. The molecule has 0 saturated heterocycles. The predicted octanol–water partition coefficient (Wildman–Crippen LogP) is 2.93. The van der Waals surface area contributed by atoms with Crippen LogP contribution in [0, 0.1) is 24.7 Å². The van der Waals surface area contributed by atoms with Crippen molar-refractivity contribution in [3.05, 3.63) is 17.5 Å². The number of nitrogens with zero attached hydrogens (tertiary/aromatic N) is 2. The van der Waals surface area contributed by atoms with Gasteiger partial charge in [0.1, 0.15) is 0 Å². The van der Waals surface area contributed by atoms with E-state index in [2.05, 4.69) is 49.1 Å². The minimum atomic E-state index is 0.820. The van der Waals surface area contributed by atoms with Crippen LogP contribution in [0.15, 0.2) is 6.07 Å². The maximum absolute atomic E-state index is 4.49. The maximum atomic E-state index is 4.49. The lowest BCUT2D eigenvalue weighted by Gasteiger charge is -2.36. The van der Waals surface area contributed by atoms with Gasteiger partial charge in [0, 0.05) is 12.7 Å². The predicted molar refractivity (Wildman–Crippen MR) is 80.2 cm³/mol. The normalized spacial score (nSPS) is 27.7. The Morgan fingerprint density at radius 2 is 2.16 bits per heavy atom. The molecule has 3 heteroatoms. The van der Waals surface area contributed by atoms with Crippen molar-refractivity contribution in [2.75, 3.05) is 13.6 Å². The molecule has 0 aromatic carbocycles. The van der Waals surface area contributed by atoms with E-state index in [0.29, 0.717) is 0 Å². The monoisotopic (exact) mass is 263 g/mol. The summed E-state index contributed by atoms with van der Waals surface area (Å²) in [6, 6.07) is 2.26. The highest BCUT2D eigenvalue weighted by Gasteiger charge is 2.30. The van der Waals surface area contributed by atoms with Gasteiger partial charge in [0.15, 0.2) is 0 Å². The molecule has 19 heavy (non-hydrogen) atoms. The van der Waals surface area contributed by atoms with Gasteiger partial charge in [-0.3, -0.25) is 4.68 Å². The average Bonchev–Trinajstić information content (AvgIpc) is 2.70. The molecule has 0 radical (unpaired) electrons. The molecule has 1 saturated carbocycles. The Bertz CT molecular complexity index is 397. The van der Waals surface area contributed by atoms with E-state index in [1.807, 2.05) is 0 Å². The van der Waals surface area contributed by atoms with Crippen molar-refractivity contribution in [3.8, 4) is 0 Å². The molecule has 1 aliphatic rings. The molecule has 1 aromatic heterocycles. The fourth-order valence-electron chi connectivity index (χ4n) is 3.70. The van der Waals surface area contributed by atoms with Crippen LogP contribution >= 0.6 is 0 Å². The minimum absolute atomic E-state index is 0.820. The highest BCUT2D eigenvalue weighted by molar-refractivity contribution is 5.10. The van der Waals surface area contributed by atoms with Gasteiger partial charge in [-0.15, -0.1) is 0 Å². The first-order valence-electron chi connectivity index (χ1n) is 7.78. The third-order valence-corrected chi connectivity index (χ3v) is 4.86. The summed E-state index contributed by atoms with van der Waals surface area (Å²) in [6.07, 6.45) is 6.74. The molecule has 3 atom stereocenters. The van der Waals surface area contributed by atoms with Crippen LogP contribution in [-0.2, 0) is 13.5 Å². The van der Waals surface area contributed by atoms with Crippen LogP contribution in [0.4, 0.5) is 0 Å². The van der Waals surface area contributed by atoms with Gasteiger partial charge in [-0.1, -0.05) is 19.8 Å². The van der Waals surface area contributed by atoms with Gasteiger partial charge in [-0.05, 0) is 63.6 Å². The molecule has 1 aromatic rings. The van der Waals surface area contributed by atoms with Crippen molar-refractivity contribution in [2.24, 2.45) is 24.8 Å². The Kier molecular flexibility index (Phi) is 5.03. The quantitative estimate of drug-likeness (QED) is 0.885. The van der Waals surface area contributed by atoms with Gasteiger partial charge in [-0.25, -0.2) is 0 Å². The van der Waals surface area contributed by atoms with Crippen molar-refractivity contribution in [1.29, 1.82) is 0 Å². The lowest BCUT2D eigenvalue weighted by Crippen LogP contribution is -2.33. The first-order chi connectivity index (χ1) is 9.13. The molecular formula is C16H29N3. The SMILES string of the molecule is CCC1CCC(CNC)C(Cc2cc(C)nn2C)C1. The molecule has 1 N–H and O–H groups in total. The van der Waals surface area contributed by atoms with Crippen LogP contribution in [0.2, 0.25) is 0 Å². The van der Waals surface area contributed by atoms with E-state index in [1.165, 1.54) is 37.8 Å². The molecule has 108 valence electrons. The van der Waals surface area contributed by atoms with Gasteiger partial charge < -0.3 is 5.32 Å². The average molecular weight is 263 g/mol. The number of rotatable bonds is 5. The Balaban J connectivity index is 2.06. The number of nitrogens with one attached hydrogen (secondary N) is 1. The molecule has 1 aliphatic carbocycles. The van der Waals surface area contributed by atoms with Crippen molar-refractivity contribution >= 4 is 0 Å². The number of aromatic nitrogens is 2. The maximum Gasteiger partial charge on any atom is 0.0596 e. The van der Waals surface area contributed by atoms with Gasteiger partial charge >= 0.3 is 0 Å². The summed E-state index contributed by atoms with van der Waals surface area (Å²) in [5, 5.41) is 7.87. The zero-order valence-corrected chi connectivity index (χ0v) is 12.9. The van der Waals surface area contributed by atoms with Gasteiger partial charge in [-0.2, -0.15) is 5.10 Å². The summed E-state index contributed by atoms with van der Waals surface area (Å²) < 4.78 is 2.07. The molecule has 1 heterocycles. The third kappa shape index (κ3) is 3.59. The largest absolute Gasteiger partial charge is 0.319 e. The Morgan fingerprint density at radius 3 is 2.74 bits per heavy atom. The topological polar surface area (TPSA) is 29.9 Å². The summed E-state index contributed by atoms with van der Waals surface area (Å²) in [6.45, 7) is 5.59. The third-order valence-electron chi connectivity index (χ3n) is 4.86. The summed E-state index contributed by atoms with van der Waals surface area (Å²) >= 11 is 0. The molecule has 0 bridgehead atoms. The standard InChI is InChI=1S/C16H29N3/c1-5-13-6-7-14(11-17-3)15(9-13)10-16-8-12(2)18-19(16)4/h8,13-15,17H,5-7,9-11H2,1-4H3. The Hall–Kier alpha value is -0.830. The molecule has 2 rings (SSSR count). The summed E-state index contributed by atoms with van der Waals surface area (Å²) in [4.78, 5) is 0. The van der Waals surface area contributed by atoms with Crippen LogP contribution in [0.1, 0.15) is 44.0 Å². The molecule has 0 spiro atoms. The van der Waals surface area contributed by atoms with Crippen molar-refractivity contribution < 1.29 is 0 Å². The van der Waals surface area contributed by atoms with Gasteiger partial charge in [0.2, 0.25) is 0 Å². The smallest absolute Gasteiger partial charge is 0.0596 e. The van der Waals surface area contributed by atoms with Crippen molar-refractivity contribution in [2.45, 2.75) is 46.0 Å². The van der Waals surface area contributed by atoms with E-state index in [1.54, 1.807) is 0 Å². The van der Waals surface area contributed by atoms with Gasteiger partial charge in [0.25, 0.3) is 0 Å². The molecule has 3 unspecified atom stereocenters. The lowest BCUT2D eigenvalue weighted by atomic mass is 9.71. The van der Waals surface area contributed by atoms with Crippen molar-refractivity contribution in [3.63, 3.8) is 0 Å². The second kappa shape index (κ2) is 6.56. The summed E-state index contributed by atoms with van der Waals surface area (Å²) in [7, 11) is 4.16. The van der Waals surface area contributed by atoms with Crippen molar-refractivity contribution in [1.82, 2.24) is 15.1 Å². The van der Waals surface area contributed by atoms with Crippen LogP contribution in [0.3, 0.4) is 0 Å². The zero-order chi connectivity index (χ0) is 13.8. The fraction of sp³-hybridized carbons (Fsp3) is 0.812. The Labute approximate surface area is 117 Å². The Morgan fingerprint density at radius 1 is 1.37 bits per heavy atom. The summed E-state index contributed by atoms with van der Waals surface area (Å²) in [5.41, 5.74) is 2.55.